The molecule has 0 amide bonds. The van der Waals surface area contributed by atoms with Crippen molar-refractivity contribution < 1.29 is 0 Å². The van der Waals surface area contributed by atoms with E-state index in [1.165, 1.54) is 5.56 Å². The molecule has 0 aliphatic carbocycles. The molecule has 21 heavy (non-hydrogen) atoms. The van der Waals surface area contributed by atoms with Crippen LogP contribution in [-0.2, 0) is 6.42 Å². The molecule has 1 heterocycles. The van der Waals surface area contributed by atoms with Crippen molar-refractivity contribution in [1.82, 2.24) is 9.97 Å². The van der Waals surface area contributed by atoms with E-state index in [1.54, 1.807) is 6.33 Å². The van der Waals surface area contributed by atoms with Gasteiger partial charge >= 0.3 is 0 Å². The number of halogens is 1. The van der Waals surface area contributed by atoms with Crippen LogP contribution < -0.4 is 5.32 Å². The summed E-state index contributed by atoms with van der Waals surface area (Å²) in [6.07, 6.45) is 2.51. The molecule has 4 heteroatoms. The summed E-state index contributed by atoms with van der Waals surface area (Å²) in [4.78, 5) is 8.64. The molecule has 0 aliphatic heterocycles. The zero-order chi connectivity index (χ0) is 14.7. The summed E-state index contributed by atoms with van der Waals surface area (Å²) in [7, 11) is 0. The number of anilines is 1. The number of hydrogen-bond donors (Lipinski definition) is 1. The van der Waals surface area contributed by atoms with Gasteiger partial charge in [-0.3, -0.25) is 0 Å². The number of benzene rings is 2. The summed E-state index contributed by atoms with van der Waals surface area (Å²) >= 11 is 5.91. The van der Waals surface area contributed by atoms with Gasteiger partial charge in [0.2, 0.25) is 0 Å². The van der Waals surface area contributed by atoms with Crippen LogP contribution in [0.25, 0.3) is 10.9 Å². The fourth-order valence-electron chi connectivity index (χ4n) is 2.38. The second-order valence-electron chi connectivity index (χ2n) is 5.12. The lowest BCUT2D eigenvalue weighted by Crippen LogP contribution is -2.19. The lowest BCUT2D eigenvalue weighted by molar-refractivity contribution is 0.785. The van der Waals surface area contributed by atoms with Crippen LogP contribution in [0, 0.1) is 0 Å². The molecule has 1 aromatic heterocycles. The lowest BCUT2D eigenvalue weighted by atomic mass is 10.1. The maximum atomic E-state index is 5.91. The van der Waals surface area contributed by atoms with Gasteiger partial charge in [-0.2, -0.15) is 0 Å². The first-order valence-corrected chi connectivity index (χ1v) is 7.31. The molecule has 106 valence electrons. The summed E-state index contributed by atoms with van der Waals surface area (Å²) in [5.74, 6) is 0.877. The van der Waals surface area contributed by atoms with Gasteiger partial charge in [-0.15, -0.1) is 0 Å². The van der Waals surface area contributed by atoms with Crippen LogP contribution >= 0.6 is 11.6 Å². The molecule has 0 radical (unpaired) electrons. The normalized spacial score (nSPS) is 12.3. The summed E-state index contributed by atoms with van der Waals surface area (Å²) < 4.78 is 0. The van der Waals surface area contributed by atoms with Crippen molar-refractivity contribution in [2.75, 3.05) is 5.32 Å². The fraction of sp³-hybridized carbons (Fsp3) is 0.176. The zero-order valence-corrected chi connectivity index (χ0v) is 12.5. The molecule has 3 rings (SSSR count). The molecule has 0 saturated heterocycles. The van der Waals surface area contributed by atoms with Gasteiger partial charge in [-0.1, -0.05) is 35.9 Å². The summed E-state index contributed by atoms with van der Waals surface area (Å²) in [6, 6.07) is 16.2. The highest BCUT2D eigenvalue weighted by Crippen LogP contribution is 2.20. The first-order chi connectivity index (χ1) is 10.2. The van der Waals surface area contributed by atoms with E-state index in [-0.39, 0.29) is 6.04 Å². The molecular formula is C17H16ClN3. The molecule has 3 nitrogen and oxygen atoms in total. The Morgan fingerprint density at radius 2 is 1.81 bits per heavy atom. The third kappa shape index (κ3) is 3.31. The highest BCUT2D eigenvalue weighted by molar-refractivity contribution is 6.30. The molecule has 0 saturated carbocycles. The quantitative estimate of drug-likeness (QED) is 0.779. The van der Waals surface area contributed by atoms with Crippen LogP contribution in [0.5, 0.6) is 0 Å². The average molecular weight is 298 g/mol. The summed E-state index contributed by atoms with van der Waals surface area (Å²) in [5.41, 5.74) is 2.20. The Balaban J connectivity index is 1.77. The molecule has 0 fully saturated rings. The van der Waals surface area contributed by atoms with E-state index in [1.807, 2.05) is 36.4 Å². The van der Waals surface area contributed by atoms with Crippen LogP contribution in [-0.4, -0.2) is 16.0 Å². The molecule has 2 aromatic carbocycles. The zero-order valence-electron chi connectivity index (χ0n) is 11.8. The number of nitrogens with one attached hydrogen (secondary N) is 1. The van der Waals surface area contributed by atoms with Crippen molar-refractivity contribution >= 4 is 28.3 Å². The Hall–Kier alpha value is -2.13. The number of aromatic nitrogens is 2. The fourth-order valence-corrected chi connectivity index (χ4v) is 2.50. The van der Waals surface area contributed by atoms with Gasteiger partial charge in [-0.25, -0.2) is 9.97 Å². The SMILES string of the molecule is CC(Cc1ccc(Cl)cc1)Nc1ncnc2ccccc12. The first-order valence-electron chi connectivity index (χ1n) is 6.93. The predicted octanol–water partition coefficient (Wildman–Crippen LogP) is 4.33. The molecular weight excluding hydrogens is 282 g/mol. The second kappa shape index (κ2) is 6.10. The van der Waals surface area contributed by atoms with Gasteiger partial charge in [0, 0.05) is 16.5 Å². The first kappa shape index (κ1) is 13.8. The van der Waals surface area contributed by atoms with Crippen molar-refractivity contribution in [3.8, 4) is 0 Å². The van der Waals surface area contributed by atoms with Crippen LogP contribution in [0.4, 0.5) is 5.82 Å². The van der Waals surface area contributed by atoms with Crippen LogP contribution in [0.2, 0.25) is 5.02 Å². The highest BCUT2D eigenvalue weighted by atomic mass is 35.5. The minimum Gasteiger partial charge on any atom is -0.367 e. The van der Waals surface area contributed by atoms with Crippen LogP contribution in [0.3, 0.4) is 0 Å². The Morgan fingerprint density at radius 1 is 1.05 bits per heavy atom. The molecule has 0 spiro atoms. The Labute approximate surface area is 129 Å². The Morgan fingerprint density at radius 3 is 2.62 bits per heavy atom. The second-order valence-corrected chi connectivity index (χ2v) is 5.55. The van der Waals surface area contributed by atoms with Crippen LogP contribution in [0.15, 0.2) is 54.9 Å². The van der Waals surface area contributed by atoms with Gasteiger partial charge in [0.1, 0.15) is 12.1 Å². The smallest absolute Gasteiger partial charge is 0.137 e. The van der Waals surface area contributed by atoms with E-state index in [0.29, 0.717) is 0 Å². The topological polar surface area (TPSA) is 37.8 Å². The van der Waals surface area contributed by atoms with E-state index < -0.39 is 0 Å². The van der Waals surface area contributed by atoms with Crippen molar-refractivity contribution in [3.63, 3.8) is 0 Å². The van der Waals surface area contributed by atoms with Crippen molar-refractivity contribution in [2.24, 2.45) is 0 Å². The van der Waals surface area contributed by atoms with E-state index in [9.17, 15) is 0 Å². The minimum atomic E-state index is 0.268. The maximum Gasteiger partial charge on any atom is 0.137 e. The third-order valence-electron chi connectivity index (χ3n) is 3.38. The van der Waals surface area contributed by atoms with Gasteiger partial charge < -0.3 is 5.32 Å². The average Bonchev–Trinajstić information content (AvgIpc) is 2.50. The Kier molecular flexibility index (Phi) is 4.02. The third-order valence-corrected chi connectivity index (χ3v) is 3.63. The van der Waals surface area contributed by atoms with Gasteiger partial charge in [0.05, 0.1) is 5.52 Å². The summed E-state index contributed by atoms with van der Waals surface area (Å²) in [6.45, 7) is 2.14. The molecule has 3 aromatic rings. The largest absolute Gasteiger partial charge is 0.367 e. The number of nitrogens with zero attached hydrogens (tertiary/aromatic N) is 2. The van der Waals surface area contributed by atoms with Crippen LogP contribution in [0.1, 0.15) is 12.5 Å². The van der Waals surface area contributed by atoms with E-state index in [2.05, 4.69) is 34.3 Å². The molecule has 1 N–H and O–H groups in total. The van der Waals surface area contributed by atoms with Crippen molar-refractivity contribution in [1.29, 1.82) is 0 Å². The number of hydrogen-bond acceptors (Lipinski definition) is 3. The molecule has 0 aliphatic rings. The maximum absolute atomic E-state index is 5.91. The number of rotatable bonds is 4. The number of para-hydroxylation sites is 1. The van der Waals surface area contributed by atoms with E-state index in [0.717, 1.165) is 28.2 Å². The van der Waals surface area contributed by atoms with Crippen molar-refractivity contribution in [2.45, 2.75) is 19.4 Å². The Bertz CT molecular complexity index is 735. The minimum absolute atomic E-state index is 0.268. The molecule has 0 bridgehead atoms. The highest BCUT2D eigenvalue weighted by Gasteiger charge is 2.08. The molecule has 1 atom stereocenters. The predicted molar refractivity (Wildman–Crippen MR) is 87.8 cm³/mol. The number of fused-ring (bicyclic) bond motifs is 1. The van der Waals surface area contributed by atoms with E-state index in [4.69, 9.17) is 11.6 Å². The standard InChI is InChI=1S/C17H16ClN3/c1-12(10-13-6-8-14(18)9-7-13)21-17-15-4-2-3-5-16(15)19-11-20-17/h2-9,11-12H,10H2,1H3,(H,19,20,21). The lowest BCUT2D eigenvalue weighted by Gasteiger charge is -2.15. The van der Waals surface area contributed by atoms with Crippen molar-refractivity contribution in [3.05, 3.63) is 65.4 Å². The van der Waals surface area contributed by atoms with Gasteiger partial charge in [-0.05, 0) is 43.2 Å². The monoisotopic (exact) mass is 297 g/mol. The van der Waals surface area contributed by atoms with E-state index >= 15 is 0 Å². The van der Waals surface area contributed by atoms with Gasteiger partial charge in [0.15, 0.2) is 0 Å². The summed E-state index contributed by atoms with van der Waals surface area (Å²) in [5, 5.41) is 5.27. The molecule has 1 unspecified atom stereocenters. The van der Waals surface area contributed by atoms with Gasteiger partial charge in [0.25, 0.3) is 0 Å².